The van der Waals surface area contributed by atoms with Crippen molar-refractivity contribution in [3.05, 3.63) is 53.3 Å². The summed E-state index contributed by atoms with van der Waals surface area (Å²) in [4.78, 5) is 23.4. The molecule has 0 radical (unpaired) electrons. The third-order valence-electron chi connectivity index (χ3n) is 5.80. The van der Waals surface area contributed by atoms with Crippen molar-refractivity contribution >= 4 is 28.6 Å². The highest BCUT2D eigenvalue weighted by Crippen LogP contribution is 2.37. The molecular weight excluding hydrogens is 406 g/mol. The molecule has 1 unspecified atom stereocenters. The summed E-state index contributed by atoms with van der Waals surface area (Å²) in [7, 11) is 0. The molecule has 0 spiro atoms. The molecule has 32 heavy (non-hydrogen) atoms. The predicted molar refractivity (Wildman–Crippen MR) is 123 cm³/mol. The smallest absolute Gasteiger partial charge is 0.257 e. The van der Waals surface area contributed by atoms with E-state index in [1.807, 2.05) is 54.3 Å². The Hall–Kier alpha value is -3.32. The van der Waals surface area contributed by atoms with Gasteiger partial charge < -0.3 is 24.1 Å². The minimum absolute atomic E-state index is 0.0791. The summed E-state index contributed by atoms with van der Waals surface area (Å²) >= 11 is 0. The van der Waals surface area contributed by atoms with E-state index in [1.165, 1.54) is 0 Å². The normalized spacial score (nSPS) is 18.5. The van der Waals surface area contributed by atoms with Gasteiger partial charge in [0.2, 0.25) is 0 Å². The summed E-state index contributed by atoms with van der Waals surface area (Å²) in [5, 5.41) is 0. The van der Waals surface area contributed by atoms with Crippen LogP contribution in [0.2, 0.25) is 0 Å². The fourth-order valence-electron chi connectivity index (χ4n) is 4.25. The number of rotatable bonds is 5. The van der Waals surface area contributed by atoms with Crippen molar-refractivity contribution in [1.29, 1.82) is 0 Å². The number of H-pyrrole nitrogens is 1. The van der Waals surface area contributed by atoms with E-state index < -0.39 is 0 Å². The Kier molecular flexibility index (Phi) is 5.57. The van der Waals surface area contributed by atoms with Crippen molar-refractivity contribution in [2.45, 2.75) is 26.4 Å². The molecule has 1 atom stereocenters. The molecule has 166 valence electrons. The number of fused-ring (bicyclic) bond motifs is 2. The van der Waals surface area contributed by atoms with E-state index in [-0.39, 0.29) is 12.0 Å². The van der Waals surface area contributed by atoms with Crippen LogP contribution in [0.4, 0.5) is 0 Å². The van der Waals surface area contributed by atoms with E-state index in [4.69, 9.17) is 19.2 Å². The van der Waals surface area contributed by atoms with Gasteiger partial charge >= 0.3 is 0 Å². The highest BCUT2D eigenvalue weighted by molar-refractivity contribution is 6.23. The lowest BCUT2D eigenvalue weighted by molar-refractivity contribution is -0.128. The van der Waals surface area contributed by atoms with Gasteiger partial charge in [0.1, 0.15) is 23.4 Å². The summed E-state index contributed by atoms with van der Waals surface area (Å²) in [5.74, 6) is 2.05. The first-order valence-corrected chi connectivity index (χ1v) is 11.1. The second-order valence-corrected chi connectivity index (χ2v) is 8.13. The Morgan fingerprint density at radius 3 is 2.88 bits per heavy atom. The van der Waals surface area contributed by atoms with Gasteiger partial charge in [0, 0.05) is 30.6 Å². The van der Waals surface area contributed by atoms with E-state index in [9.17, 15) is 4.79 Å². The third kappa shape index (κ3) is 3.96. The van der Waals surface area contributed by atoms with Gasteiger partial charge in [-0.15, -0.1) is 0 Å². The molecular formula is C25H27N3O4. The van der Waals surface area contributed by atoms with Crippen molar-refractivity contribution < 1.29 is 19.0 Å². The number of morpholine rings is 1. The first-order chi connectivity index (χ1) is 15.6. The number of carbonyl (C=O) groups excluding carboxylic acids is 1. The topological polar surface area (TPSA) is 76.7 Å². The van der Waals surface area contributed by atoms with Gasteiger partial charge in [-0.2, -0.15) is 0 Å². The van der Waals surface area contributed by atoms with Crippen molar-refractivity contribution in [3.63, 3.8) is 0 Å². The molecule has 0 saturated carbocycles. The fourth-order valence-corrected chi connectivity index (χ4v) is 4.25. The maximum absolute atomic E-state index is 13.6. The van der Waals surface area contributed by atoms with E-state index in [2.05, 4.69) is 11.9 Å². The summed E-state index contributed by atoms with van der Waals surface area (Å²) < 4.78 is 17.4. The predicted octanol–water partition coefficient (Wildman–Crippen LogP) is 3.68. The molecule has 7 heteroatoms. The number of aromatic amines is 1. The van der Waals surface area contributed by atoms with E-state index >= 15 is 0 Å². The maximum Gasteiger partial charge on any atom is 0.257 e. The molecule has 3 heterocycles. The molecule has 0 bridgehead atoms. The van der Waals surface area contributed by atoms with Crippen LogP contribution in [0.3, 0.4) is 0 Å². The molecule has 0 aliphatic carbocycles. The number of aromatic nitrogens is 2. The minimum Gasteiger partial charge on any atom is -0.493 e. The quantitative estimate of drug-likeness (QED) is 0.621. The number of hydrogen-bond donors (Lipinski definition) is 1. The van der Waals surface area contributed by atoms with Crippen molar-refractivity contribution in [1.82, 2.24) is 14.9 Å². The molecule has 1 saturated heterocycles. The average molecular weight is 434 g/mol. The van der Waals surface area contributed by atoms with Gasteiger partial charge in [0.25, 0.3) is 5.91 Å². The number of nitrogens with zero attached hydrogens (tertiary/aromatic N) is 2. The number of hydrogen-bond acceptors (Lipinski definition) is 5. The number of nitrogens with one attached hydrogen (secondary N) is 1. The van der Waals surface area contributed by atoms with Gasteiger partial charge in [-0.25, -0.2) is 4.98 Å². The monoisotopic (exact) mass is 433 g/mol. The highest BCUT2D eigenvalue weighted by Gasteiger charge is 2.26. The lowest BCUT2D eigenvalue weighted by Gasteiger charge is -2.27. The van der Waals surface area contributed by atoms with Gasteiger partial charge in [0.15, 0.2) is 0 Å². The molecule has 2 aliphatic rings. The number of imidazole rings is 1. The van der Waals surface area contributed by atoms with Crippen LogP contribution in [0.25, 0.3) is 22.7 Å². The van der Waals surface area contributed by atoms with Crippen molar-refractivity contribution in [2.24, 2.45) is 0 Å². The van der Waals surface area contributed by atoms with Crippen molar-refractivity contribution in [3.8, 4) is 11.5 Å². The first kappa shape index (κ1) is 20.6. The zero-order valence-corrected chi connectivity index (χ0v) is 18.4. The summed E-state index contributed by atoms with van der Waals surface area (Å²) in [6, 6.07) is 11.8. The molecule has 1 amide bonds. The van der Waals surface area contributed by atoms with Crippen LogP contribution < -0.4 is 9.47 Å². The molecule has 1 aromatic heterocycles. The van der Waals surface area contributed by atoms with Gasteiger partial charge in [-0.1, -0.05) is 12.1 Å². The largest absolute Gasteiger partial charge is 0.493 e. The van der Waals surface area contributed by atoms with Crippen LogP contribution in [0.5, 0.6) is 11.5 Å². The lowest BCUT2D eigenvalue weighted by Crippen LogP contribution is -2.41. The molecule has 1 N–H and O–H groups in total. The second-order valence-electron chi connectivity index (χ2n) is 8.13. The molecule has 7 nitrogen and oxygen atoms in total. The Balaban J connectivity index is 1.63. The van der Waals surface area contributed by atoms with Gasteiger partial charge in [-0.05, 0) is 44.2 Å². The second kappa shape index (κ2) is 8.67. The van der Waals surface area contributed by atoms with Crippen LogP contribution in [-0.2, 0) is 16.0 Å². The standard InChI is InChI=1S/C25H27N3O4/c1-3-31-22-14-17-12-16(2)32-23(17)15-18(22)13-19(25(29)28-8-10-30-11-9-28)24-26-20-6-4-5-7-21(20)27-24/h4-7,13-16H,3,8-12H2,1-2H3,(H,26,27). The Morgan fingerprint density at radius 2 is 2.09 bits per heavy atom. The van der Waals surface area contributed by atoms with E-state index in [0.29, 0.717) is 44.3 Å². The van der Waals surface area contributed by atoms with Crippen LogP contribution in [0, 0.1) is 0 Å². The van der Waals surface area contributed by atoms with Crippen LogP contribution >= 0.6 is 0 Å². The Bertz CT molecular complexity index is 1140. The van der Waals surface area contributed by atoms with Crippen LogP contribution in [0.15, 0.2) is 36.4 Å². The SMILES string of the molecule is CCOc1cc2c(cc1C=C(C(=O)N1CCOCC1)c1nc3ccccc3[nH]1)OC(C)C2. The molecule has 5 rings (SSSR count). The summed E-state index contributed by atoms with van der Waals surface area (Å²) in [6.45, 7) is 6.73. The Labute approximate surface area is 187 Å². The van der Waals surface area contributed by atoms with Gasteiger partial charge in [0.05, 0.1) is 36.4 Å². The van der Waals surface area contributed by atoms with Gasteiger partial charge in [-0.3, -0.25) is 4.79 Å². The summed E-state index contributed by atoms with van der Waals surface area (Å²) in [5.41, 5.74) is 4.13. The maximum atomic E-state index is 13.6. The summed E-state index contributed by atoms with van der Waals surface area (Å²) in [6.07, 6.45) is 2.85. The zero-order chi connectivity index (χ0) is 22.1. The Morgan fingerprint density at radius 1 is 1.28 bits per heavy atom. The van der Waals surface area contributed by atoms with E-state index in [1.54, 1.807) is 0 Å². The number of carbonyl (C=O) groups is 1. The number of para-hydroxylation sites is 2. The molecule has 2 aromatic carbocycles. The van der Waals surface area contributed by atoms with Crippen LogP contribution in [0.1, 0.15) is 30.8 Å². The average Bonchev–Trinajstić information content (AvgIpc) is 3.39. The molecule has 2 aliphatic heterocycles. The molecule has 3 aromatic rings. The van der Waals surface area contributed by atoms with Crippen LogP contribution in [-0.4, -0.2) is 59.8 Å². The lowest BCUT2D eigenvalue weighted by atomic mass is 10.0. The number of ether oxygens (including phenoxy) is 3. The van der Waals surface area contributed by atoms with Crippen molar-refractivity contribution in [2.75, 3.05) is 32.9 Å². The number of amides is 1. The zero-order valence-electron chi connectivity index (χ0n) is 18.4. The highest BCUT2D eigenvalue weighted by atomic mass is 16.5. The fraction of sp³-hybridized carbons (Fsp3) is 0.360. The van der Waals surface area contributed by atoms with E-state index in [0.717, 1.165) is 40.1 Å². The minimum atomic E-state index is -0.0791. The number of benzene rings is 2. The molecule has 1 fully saturated rings. The first-order valence-electron chi connectivity index (χ1n) is 11.1. The third-order valence-corrected chi connectivity index (χ3v) is 5.80.